The van der Waals surface area contributed by atoms with E-state index >= 15 is 0 Å². The number of nitrogens with one attached hydrogen (secondary N) is 1. The molecule has 3 nitrogen and oxygen atoms in total. The molecule has 0 heterocycles. The van der Waals surface area contributed by atoms with Gasteiger partial charge in [-0.15, -0.1) is 0 Å². The molecule has 21 heavy (non-hydrogen) atoms. The number of carbonyl (C=O) groups excluding carboxylic acids is 1. The van der Waals surface area contributed by atoms with Gasteiger partial charge in [0.05, 0.1) is 0 Å². The number of aryl methyl sites for hydroxylation is 2. The highest BCUT2D eigenvalue weighted by atomic mass is 19.1. The second kappa shape index (κ2) is 6.50. The number of halogens is 1. The zero-order valence-electron chi connectivity index (χ0n) is 12.2. The fraction of sp³-hybridized carbons (Fsp3) is 0.235. The Morgan fingerprint density at radius 3 is 2.33 bits per heavy atom. The van der Waals surface area contributed by atoms with Gasteiger partial charge in [0.25, 0.3) is 0 Å². The molecule has 0 fully saturated rings. The molecule has 110 valence electrons. The standard InChI is InChI=1S/C17H19FN2O/c1-11-6-14(7-12(2)16(11)18)10-20-9-13-4-3-5-15(8-13)17(19)21/h3-8,20H,9-10H2,1-2H3,(H2,19,21). The lowest BCUT2D eigenvalue weighted by Gasteiger charge is -2.09. The molecule has 0 radical (unpaired) electrons. The molecule has 0 aliphatic heterocycles. The van der Waals surface area contributed by atoms with E-state index in [-0.39, 0.29) is 5.82 Å². The summed E-state index contributed by atoms with van der Waals surface area (Å²) in [5, 5.41) is 3.28. The van der Waals surface area contributed by atoms with E-state index in [2.05, 4.69) is 5.32 Å². The largest absolute Gasteiger partial charge is 0.366 e. The first-order chi connectivity index (χ1) is 9.97. The van der Waals surface area contributed by atoms with Crippen molar-refractivity contribution in [2.75, 3.05) is 0 Å². The van der Waals surface area contributed by atoms with E-state index in [0.717, 1.165) is 11.1 Å². The second-order valence-corrected chi connectivity index (χ2v) is 5.21. The summed E-state index contributed by atoms with van der Waals surface area (Å²) < 4.78 is 13.6. The van der Waals surface area contributed by atoms with Crippen molar-refractivity contribution in [1.29, 1.82) is 0 Å². The maximum atomic E-state index is 13.6. The van der Waals surface area contributed by atoms with E-state index in [1.807, 2.05) is 24.3 Å². The molecular weight excluding hydrogens is 267 g/mol. The van der Waals surface area contributed by atoms with Gasteiger partial charge in [-0.25, -0.2) is 4.39 Å². The molecule has 2 aromatic rings. The number of benzene rings is 2. The molecule has 0 saturated heterocycles. The van der Waals surface area contributed by atoms with Crippen LogP contribution in [0.5, 0.6) is 0 Å². The summed E-state index contributed by atoms with van der Waals surface area (Å²) in [6.45, 7) is 4.80. The number of primary amides is 1. The minimum absolute atomic E-state index is 0.145. The van der Waals surface area contributed by atoms with Crippen LogP contribution in [0.15, 0.2) is 36.4 Å². The predicted molar refractivity (Wildman–Crippen MR) is 81.4 cm³/mol. The van der Waals surface area contributed by atoms with E-state index in [0.29, 0.717) is 29.8 Å². The molecule has 1 amide bonds. The van der Waals surface area contributed by atoms with Crippen LogP contribution in [-0.2, 0) is 13.1 Å². The van der Waals surface area contributed by atoms with Crippen molar-refractivity contribution >= 4 is 5.91 Å². The van der Waals surface area contributed by atoms with Crippen molar-refractivity contribution in [2.45, 2.75) is 26.9 Å². The number of hydrogen-bond acceptors (Lipinski definition) is 2. The topological polar surface area (TPSA) is 55.1 Å². The van der Waals surface area contributed by atoms with E-state index in [4.69, 9.17) is 5.73 Å². The Hall–Kier alpha value is -2.20. The molecule has 0 atom stereocenters. The van der Waals surface area contributed by atoms with Crippen molar-refractivity contribution in [3.8, 4) is 0 Å². The number of amides is 1. The van der Waals surface area contributed by atoms with Crippen LogP contribution in [0.4, 0.5) is 4.39 Å². The summed E-state index contributed by atoms with van der Waals surface area (Å²) in [5.41, 5.74) is 9.09. The van der Waals surface area contributed by atoms with Gasteiger partial charge in [0.1, 0.15) is 5.82 Å². The molecule has 0 bridgehead atoms. The van der Waals surface area contributed by atoms with Gasteiger partial charge in [-0.3, -0.25) is 4.79 Å². The Bertz CT molecular complexity index is 645. The molecule has 0 unspecified atom stereocenters. The highest BCUT2D eigenvalue weighted by Gasteiger charge is 2.05. The van der Waals surface area contributed by atoms with Crippen molar-refractivity contribution in [1.82, 2.24) is 5.32 Å². The lowest BCUT2D eigenvalue weighted by atomic mass is 10.1. The molecule has 0 saturated carbocycles. The Kier molecular flexibility index (Phi) is 4.70. The van der Waals surface area contributed by atoms with Crippen LogP contribution in [0.1, 0.15) is 32.6 Å². The van der Waals surface area contributed by atoms with Crippen LogP contribution in [0.2, 0.25) is 0 Å². The van der Waals surface area contributed by atoms with Crippen LogP contribution in [-0.4, -0.2) is 5.91 Å². The van der Waals surface area contributed by atoms with Gasteiger partial charge < -0.3 is 11.1 Å². The number of nitrogens with two attached hydrogens (primary N) is 1. The normalized spacial score (nSPS) is 10.6. The Morgan fingerprint density at radius 1 is 1.10 bits per heavy atom. The summed E-state index contributed by atoms with van der Waals surface area (Å²) >= 11 is 0. The van der Waals surface area contributed by atoms with E-state index in [1.54, 1.807) is 26.0 Å². The highest BCUT2D eigenvalue weighted by Crippen LogP contribution is 2.14. The number of carbonyl (C=O) groups is 1. The Labute approximate surface area is 124 Å². The SMILES string of the molecule is Cc1cc(CNCc2cccc(C(N)=O)c2)cc(C)c1F. The van der Waals surface area contributed by atoms with Crippen LogP contribution < -0.4 is 11.1 Å². The van der Waals surface area contributed by atoms with Gasteiger partial charge >= 0.3 is 0 Å². The van der Waals surface area contributed by atoms with E-state index in [1.165, 1.54) is 0 Å². The average Bonchev–Trinajstić information content (AvgIpc) is 2.45. The molecule has 4 heteroatoms. The van der Waals surface area contributed by atoms with Crippen LogP contribution in [0.25, 0.3) is 0 Å². The summed E-state index contributed by atoms with van der Waals surface area (Å²) in [6, 6.07) is 10.9. The fourth-order valence-electron chi connectivity index (χ4n) is 2.32. The summed E-state index contributed by atoms with van der Waals surface area (Å²) in [5.74, 6) is -0.574. The van der Waals surface area contributed by atoms with Crippen LogP contribution >= 0.6 is 0 Å². The maximum absolute atomic E-state index is 13.6. The molecule has 0 aliphatic carbocycles. The van der Waals surface area contributed by atoms with Crippen molar-refractivity contribution in [2.24, 2.45) is 5.73 Å². The van der Waals surface area contributed by atoms with Crippen molar-refractivity contribution in [3.63, 3.8) is 0 Å². The molecule has 0 aromatic heterocycles. The zero-order valence-corrected chi connectivity index (χ0v) is 12.2. The summed E-state index contributed by atoms with van der Waals surface area (Å²) in [4.78, 5) is 11.1. The molecule has 2 rings (SSSR count). The first-order valence-corrected chi connectivity index (χ1v) is 6.82. The molecule has 0 spiro atoms. The minimum Gasteiger partial charge on any atom is -0.366 e. The molecule has 3 N–H and O–H groups in total. The van der Waals surface area contributed by atoms with Crippen molar-refractivity contribution in [3.05, 3.63) is 70.0 Å². The lowest BCUT2D eigenvalue weighted by Crippen LogP contribution is -2.15. The van der Waals surface area contributed by atoms with Gasteiger partial charge in [0.2, 0.25) is 5.91 Å². The Morgan fingerprint density at radius 2 is 1.71 bits per heavy atom. The third-order valence-electron chi connectivity index (χ3n) is 3.37. The van der Waals surface area contributed by atoms with E-state index in [9.17, 15) is 9.18 Å². The van der Waals surface area contributed by atoms with Crippen LogP contribution in [0, 0.1) is 19.7 Å². The first kappa shape index (κ1) is 15.2. The van der Waals surface area contributed by atoms with Gasteiger partial charge in [-0.1, -0.05) is 24.3 Å². The average molecular weight is 286 g/mol. The smallest absolute Gasteiger partial charge is 0.248 e. The van der Waals surface area contributed by atoms with Gasteiger partial charge in [-0.05, 0) is 48.2 Å². The third kappa shape index (κ3) is 3.89. The van der Waals surface area contributed by atoms with Crippen LogP contribution in [0.3, 0.4) is 0 Å². The number of rotatable bonds is 5. The zero-order chi connectivity index (χ0) is 15.4. The highest BCUT2D eigenvalue weighted by molar-refractivity contribution is 5.92. The monoisotopic (exact) mass is 286 g/mol. The Balaban J connectivity index is 1.98. The van der Waals surface area contributed by atoms with Gasteiger partial charge in [0.15, 0.2) is 0 Å². The first-order valence-electron chi connectivity index (χ1n) is 6.82. The molecule has 2 aromatic carbocycles. The molecule has 0 aliphatic rings. The fourth-order valence-corrected chi connectivity index (χ4v) is 2.32. The third-order valence-corrected chi connectivity index (χ3v) is 3.37. The molecular formula is C17H19FN2O. The van der Waals surface area contributed by atoms with Gasteiger partial charge in [0, 0.05) is 18.7 Å². The minimum atomic E-state index is -0.429. The number of hydrogen-bond donors (Lipinski definition) is 2. The summed E-state index contributed by atoms with van der Waals surface area (Å²) in [6.07, 6.45) is 0. The maximum Gasteiger partial charge on any atom is 0.248 e. The summed E-state index contributed by atoms with van der Waals surface area (Å²) in [7, 11) is 0. The predicted octanol–water partition coefficient (Wildman–Crippen LogP) is 2.83. The van der Waals surface area contributed by atoms with Crippen molar-refractivity contribution < 1.29 is 9.18 Å². The lowest BCUT2D eigenvalue weighted by molar-refractivity contribution is 0.1000. The van der Waals surface area contributed by atoms with E-state index < -0.39 is 5.91 Å². The quantitative estimate of drug-likeness (QED) is 0.888. The van der Waals surface area contributed by atoms with Gasteiger partial charge in [-0.2, -0.15) is 0 Å². The second-order valence-electron chi connectivity index (χ2n) is 5.21.